The summed E-state index contributed by atoms with van der Waals surface area (Å²) in [5, 5.41) is 20.5. The maximum atomic E-state index is 12.3. The van der Waals surface area contributed by atoms with Crippen molar-refractivity contribution in [1.82, 2.24) is 5.32 Å². The highest BCUT2D eigenvalue weighted by Crippen LogP contribution is 2.33. The summed E-state index contributed by atoms with van der Waals surface area (Å²) in [4.78, 5) is 23.9. The number of nitrogen functional groups attached to an aromatic ring is 1. The molecule has 2 amide bonds. The molecule has 21 heavy (non-hydrogen) atoms. The topological polar surface area (TPSA) is 139 Å². The van der Waals surface area contributed by atoms with Crippen LogP contribution in [0.3, 0.4) is 0 Å². The highest BCUT2D eigenvalue weighted by atomic mass is 127. The molecular weight excluding hydrogens is 619 g/mol. The van der Waals surface area contributed by atoms with Gasteiger partial charge in [0.05, 0.1) is 43.2 Å². The average molecular weight is 631 g/mol. The van der Waals surface area contributed by atoms with Gasteiger partial charge in [0.2, 0.25) is 0 Å². The first kappa shape index (κ1) is 19.1. The Hall–Kier alpha value is 0.0700. The summed E-state index contributed by atoms with van der Waals surface area (Å²) >= 11 is 5.67. The van der Waals surface area contributed by atoms with Crippen molar-refractivity contribution in [3.8, 4) is 0 Å². The van der Waals surface area contributed by atoms with Crippen molar-refractivity contribution < 1.29 is 19.8 Å². The number of hydrogen-bond donors (Lipinski definition) is 5. The molecule has 116 valence electrons. The second kappa shape index (κ2) is 8.07. The van der Waals surface area contributed by atoms with Crippen LogP contribution in [0.25, 0.3) is 0 Å². The molecule has 7 nitrogen and oxygen atoms in total. The van der Waals surface area contributed by atoms with E-state index in [1.165, 1.54) is 0 Å². The number of amides is 2. The first-order chi connectivity index (χ1) is 9.76. The van der Waals surface area contributed by atoms with Crippen LogP contribution in [-0.2, 0) is 0 Å². The second-order valence-electron chi connectivity index (χ2n) is 4.01. The normalized spacial score (nSPS) is 10.8. The van der Waals surface area contributed by atoms with Crippen molar-refractivity contribution in [2.24, 2.45) is 5.73 Å². The summed E-state index contributed by atoms with van der Waals surface area (Å²) in [6, 6.07) is -0.790. The molecule has 0 atom stereocenters. The van der Waals surface area contributed by atoms with Crippen LogP contribution in [0, 0.1) is 10.7 Å². The molecule has 0 aliphatic heterocycles. The third kappa shape index (κ3) is 4.08. The van der Waals surface area contributed by atoms with Crippen molar-refractivity contribution in [1.29, 1.82) is 0 Å². The van der Waals surface area contributed by atoms with Gasteiger partial charge in [0, 0.05) is 3.57 Å². The summed E-state index contributed by atoms with van der Waals surface area (Å²) in [7, 11) is 0. The minimum atomic E-state index is -0.790. The second-order valence-corrected chi connectivity index (χ2v) is 7.24. The van der Waals surface area contributed by atoms with Gasteiger partial charge < -0.3 is 27.0 Å². The van der Waals surface area contributed by atoms with Gasteiger partial charge in [-0.3, -0.25) is 9.59 Å². The zero-order chi connectivity index (χ0) is 16.3. The standard InChI is InChI=1S/C11H12I3N3O4/c12-6-4(10(16)20)7(13)9(15)8(14)5(6)11(21)17-3(1-18)2-19/h3,18-19H,1-2,15H2,(H2,16,20)(H,17,21). The molecule has 1 aromatic carbocycles. The van der Waals surface area contributed by atoms with E-state index in [-0.39, 0.29) is 11.1 Å². The molecule has 0 saturated heterocycles. The molecule has 0 radical (unpaired) electrons. The number of hydrogen-bond acceptors (Lipinski definition) is 5. The number of carbonyl (C=O) groups is 2. The first-order valence-electron chi connectivity index (χ1n) is 5.54. The van der Waals surface area contributed by atoms with E-state index >= 15 is 0 Å². The lowest BCUT2D eigenvalue weighted by Crippen LogP contribution is -2.41. The minimum Gasteiger partial charge on any atom is -0.397 e. The number of nitrogens with one attached hydrogen (secondary N) is 1. The number of primary amides is 1. The predicted octanol–water partition coefficient (Wildman–Crippen LogP) is 0.265. The number of halogens is 3. The van der Waals surface area contributed by atoms with Crippen LogP contribution in [0.15, 0.2) is 0 Å². The zero-order valence-corrected chi connectivity index (χ0v) is 17.0. The maximum absolute atomic E-state index is 12.3. The lowest BCUT2D eigenvalue weighted by Gasteiger charge is -2.18. The lowest BCUT2D eigenvalue weighted by molar-refractivity contribution is 0.0877. The van der Waals surface area contributed by atoms with Gasteiger partial charge in [-0.25, -0.2) is 0 Å². The summed E-state index contributed by atoms with van der Waals surface area (Å²) < 4.78 is 1.36. The molecule has 1 rings (SSSR count). The van der Waals surface area contributed by atoms with E-state index in [0.717, 1.165) is 0 Å². The van der Waals surface area contributed by atoms with Gasteiger partial charge in [-0.2, -0.15) is 0 Å². The molecule has 0 saturated carbocycles. The number of nitrogens with two attached hydrogens (primary N) is 2. The minimum absolute atomic E-state index is 0.184. The zero-order valence-electron chi connectivity index (χ0n) is 10.5. The van der Waals surface area contributed by atoms with E-state index in [9.17, 15) is 9.59 Å². The molecule has 0 aromatic heterocycles. The van der Waals surface area contributed by atoms with Gasteiger partial charge in [-0.15, -0.1) is 0 Å². The summed E-state index contributed by atoms with van der Waals surface area (Å²) in [6.07, 6.45) is 0. The Morgan fingerprint density at radius 2 is 1.52 bits per heavy atom. The SMILES string of the molecule is NC(=O)c1c(I)c(N)c(I)c(C(=O)NC(CO)CO)c1I. The van der Waals surface area contributed by atoms with E-state index in [1.807, 2.05) is 67.8 Å². The molecule has 0 heterocycles. The molecule has 7 N–H and O–H groups in total. The van der Waals surface area contributed by atoms with Crippen LogP contribution in [-0.4, -0.2) is 41.3 Å². The van der Waals surface area contributed by atoms with E-state index in [0.29, 0.717) is 16.4 Å². The van der Waals surface area contributed by atoms with Gasteiger partial charge in [0.25, 0.3) is 11.8 Å². The van der Waals surface area contributed by atoms with E-state index in [2.05, 4.69) is 5.32 Å². The number of benzene rings is 1. The van der Waals surface area contributed by atoms with Crippen LogP contribution in [0.5, 0.6) is 0 Å². The fraction of sp³-hybridized carbons (Fsp3) is 0.273. The van der Waals surface area contributed by atoms with Crippen molar-refractivity contribution >= 4 is 85.3 Å². The number of rotatable bonds is 5. The Balaban J connectivity index is 3.43. The summed E-state index contributed by atoms with van der Waals surface area (Å²) in [6.45, 7) is -0.810. The fourth-order valence-corrected chi connectivity index (χ4v) is 5.69. The number of anilines is 1. The van der Waals surface area contributed by atoms with Gasteiger partial charge in [-0.05, 0) is 67.8 Å². The maximum Gasteiger partial charge on any atom is 0.253 e. The molecule has 0 fully saturated rings. The van der Waals surface area contributed by atoms with Crippen LogP contribution in [0.1, 0.15) is 20.7 Å². The van der Waals surface area contributed by atoms with E-state index < -0.39 is 31.1 Å². The number of carbonyl (C=O) groups excluding carboxylic acids is 2. The summed E-state index contributed by atoms with van der Waals surface area (Å²) in [5.41, 5.74) is 11.9. The van der Waals surface area contributed by atoms with Crippen molar-refractivity contribution in [3.05, 3.63) is 21.8 Å². The lowest BCUT2D eigenvalue weighted by atomic mass is 10.1. The number of aliphatic hydroxyl groups excluding tert-OH is 2. The third-order valence-corrected chi connectivity index (χ3v) is 5.92. The molecule has 0 bridgehead atoms. The molecule has 0 spiro atoms. The van der Waals surface area contributed by atoms with Gasteiger partial charge in [0.1, 0.15) is 0 Å². The molecule has 0 aliphatic carbocycles. The monoisotopic (exact) mass is 631 g/mol. The van der Waals surface area contributed by atoms with Gasteiger partial charge >= 0.3 is 0 Å². The van der Waals surface area contributed by atoms with E-state index in [1.54, 1.807) is 0 Å². The summed E-state index contributed by atoms with van der Waals surface area (Å²) in [5.74, 6) is -1.22. The fourth-order valence-electron chi connectivity index (χ4n) is 1.51. The van der Waals surface area contributed by atoms with Crippen LogP contribution >= 0.6 is 67.8 Å². The predicted molar refractivity (Wildman–Crippen MR) is 103 cm³/mol. The van der Waals surface area contributed by atoms with Gasteiger partial charge in [-0.1, -0.05) is 0 Å². The quantitative estimate of drug-likeness (QED) is 0.235. The van der Waals surface area contributed by atoms with E-state index in [4.69, 9.17) is 21.7 Å². The van der Waals surface area contributed by atoms with Crippen molar-refractivity contribution in [2.45, 2.75) is 6.04 Å². The average Bonchev–Trinajstić information content (AvgIpc) is 2.42. The highest BCUT2D eigenvalue weighted by molar-refractivity contribution is 14.1. The van der Waals surface area contributed by atoms with Crippen molar-refractivity contribution in [2.75, 3.05) is 18.9 Å². The van der Waals surface area contributed by atoms with Crippen LogP contribution < -0.4 is 16.8 Å². The number of aliphatic hydroxyl groups is 2. The van der Waals surface area contributed by atoms with Crippen LogP contribution in [0.4, 0.5) is 5.69 Å². The molecule has 1 aromatic rings. The third-order valence-electron chi connectivity index (χ3n) is 2.60. The molecule has 10 heteroatoms. The smallest absolute Gasteiger partial charge is 0.253 e. The molecular formula is C11H12I3N3O4. The first-order valence-corrected chi connectivity index (χ1v) is 8.78. The van der Waals surface area contributed by atoms with Crippen molar-refractivity contribution in [3.63, 3.8) is 0 Å². The Labute approximate surface area is 161 Å². The van der Waals surface area contributed by atoms with Crippen LogP contribution in [0.2, 0.25) is 0 Å². The highest BCUT2D eigenvalue weighted by Gasteiger charge is 2.26. The Morgan fingerprint density at radius 3 is 1.95 bits per heavy atom. The largest absolute Gasteiger partial charge is 0.397 e. The Bertz CT molecular complexity index is 591. The Kier molecular flexibility index (Phi) is 7.35. The molecule has 0 aliphatic rings. The molecule has 0 unspecified atom stereocenters. The Morgan fingerprint density at radius 1 is 1.05 bits per heavy atom. The van der Waals surface area contributed by atoms with Gasteiger partial charge in [0.15, 0.2) is 0 Å².